The molecule has 0 atom stereocenters. The molecule has 0 unspecified atom stereocenters. The first kappa shape index (κ1) is 15.3. The molecule has 1 aromatic carbocycles. The summed E-state index contributed by atoms with van der Waals surface area (Å²) in [5.41, 5.74) is 10.4. The molecule has 27 heavy (non-hydrogen) atoms. The average molecular weight is 358 g/mol. The van der Waals surface area contributed by atoms with Gasteiger partial charge in [-0.2, -0.15) is 4.52 Å². The van der Waals surface area contributed by atoms with Gasteiger partial charge in [0.1, 0.15) is 11.3 Å². The van der Waals surface area contributed by atoms with Crippen molar-refractivity contribution < 1.29 is 0 Å². The molecular weight excluding hydrogens is 344 g/mol. The molecule has 5 rings (SSSR count). The van der Waals surface area contributed by atoms with Gasteiger partial charge in [0.15, 0.2) is 5.65 Å². The lowest BCUT2D eigenvalue weighted by molar-refractivity contribution is 0.736. The van der Waals surface area contributed by atoms with Gasteiger partial charge in [-0.15, -0.1) is 5.10 Å². The van der Waals surface area contributed by atoms with Gasteiger partial charge in [-0.3, -0.25) is 14.9 Å². The van der Waals surface area contributed by atoms with Gasteiger partial charge in [0.2, 0.25) is 0 Å². The van der Waals surface area contributed by atoms with E-state index in [1.54, 1.807) is 10.9 Å². The second-order valence-corrected chi connectivity index (χ2v) is 6.17. The Balaban J connectivity index is 1.77. The van der Waals surface area contributed by atoms with Gasteiger partial charge in [-0.1, -0.05) is 17.3 Å². The van der Waals surface area contributed by atoms with Crippen LogP contribution < -0.4 is 11.3 Å². The van der Waals surface area contributed by atoms with Crippen LogP contribution in [0.5, 0.6) is 0 Å². The Morgan fingerprint density at radius 3 is 2.81 bits per heavy atom. The zero-order valence-corrected chi connectivity index (χ0v) is 14.3. The first-order chi connectivity index (χ1) is 13.1. The summed E-state index contributed by atoms with van der Waals surface area (Å²) < 4.78 is 3.01. The summed E-state index contributed by atoms with van der Waals surface area (Å²) >= 11 is 0. The minimum atomic E-state index is -0.261. The predicted octanol–water partition coefficient (Wildman–Crippen LogP) is 1.62. The molecule has 0 bridgehead atoms. The van der Waals surface area contributed by atoms with E-state index in [4.69, 9.17) is 5.73 Å². The fourth-order valence-corrected chi connectivity index (χ4v) is 3.17. The van der Waals surface area contributed by atoms with Crippen LogP contribution in [0.15, 0.2) is 53.5 Å². The normalized spacial score (nSPS) is 11.4. The Bertz CT molecular complexity index is 1360. The number of aromatic nitrogens is 7. The van der Waals surface area contributed by atoms with Crippen LogP contribution in [0, 0.1) is 0 Å². The molecule has 0 amide bonds. The SMILES string of the molecule is Cn1nnc2cc(-c3cc(=O)n4[nH]c(N)c(-c5ccccn5)c4n3)ccc21. The van der Waals surface area contributed by atoms with E-state index in [9.17, 15) is 4.79 Å². The lowest BCUT2D eigenvalue weighted by Crippen LogP contribution is -2.14. The third kappa shape index (κ3) is 2.29. The van der Waals surface area contributed by atoms with E-state index in [2.05, 4.69) is 25.4 Å². The fourth-order valence-electron chi connectivity index (χ4n) is 3.17. The molecule has 4 aromatic heterocycles. The van der Waals surface area contributed by atoms with Gasteiger partial charge in [0, 0.05) is 24.9 Å². The van der Waals surface area contributed by atoms with Crippen LogP contribution in [0.2, 0.25) is 0 Å². The summed E-state index contributed by atoms with van der Waals surface area (Å²) in [7, 11) is 1.83. The zero-order chi connectivity index (χ0) is 18.5. The Morgan fingerprint density at radius 2 is 2.00 bits per heavy atom. The molecule has 3 N–H and O–H groups in total. The molecule has 0 aliphatic rings. The molecule has 4 heterocycles. The summed E-state index contributed by atoms with van der Waals surface area (Å²) in [5.74, 6) is 0.333. The number of H-pyrrole nitrogens is 1. The number of nitrogens with one attached hydrogen (secondary N) is 1. The highest BCUT2D eigenvalue weighted by molar-refractivity contribution is 5.86. The monoisotopic (exact) mass is 358 g/mol. The highest BCUT2D eigenvalue weighted by Crippen LogP contribution is 2.28. The molecule has 9 nitrogen and oxygen atoms in total. The topological polar surface area (TPSA) is 120 Å². The maximum absolute atomic E-state index is 12.6. The molecule has 0 aliphatic carbocycles. The van der Waals surface area contributed by atoms with Crippen LogP contribution in [0.4, 0.5) is 5.82 Å². The van der Waals surface area contributed by atoms with Gasteiger partial charge in [0.25, 0.3) is 5.56 Å². The number of hydrogen-bond acceptors (Lipinski definition) is 6. The molecule has 0 radical (unpaired) electrons. The third-order valence-electron chi connectivity index (χ3n) is 4.47. The standard InChI is InChI=1S/C18H14N8O/c1-25-14-6-5-10(8-13(14)22-24-25)12-9-15(27)26-18(21-12)16(17(19)23-26)11-4-2-3-7-20-11/h2-9,23H,19H2,1H3. The number of aromatic amines is 1. The number of nitrogens with zero attached hydrogens (tertiary/aromatic N) is 6. The molecule has 5 aromatic rings. The van der Waals surface area contributed by atoms with Gasteiger partial charge in [-0.05, 0) is 24.3 Å². The number of aryl methyl sites for hydroxylation is 1. The number of hydrogen-bond donors (Lipinski definition) is 2. The molecule has 0 saturated carbocycles. The smallest absolute Gasteiger partial charge is 0.273 e. The number of pyridine rings is 1. The molecule has 0 spiro atoms. The summed E-state index contributed by atoms with van der Waals surface area (Å²) in [6.07, 6.45) is 1.67. The number of nitrogens with two attached hydrogens (primary N) is 1. The Morgan fingerprint density at radius 1 is 1.11 bits per heavy atom. The first-order valence-corrected chi connectivity index (χ1v) is 8.24. The number of nitrogen functional groups attached to an aromatic ring is 1. The number of anilines is 1. The zero-order valence-electron chi connectivity index (χ0n) is 14.3. The van der Waals surface area contributed by atoms with E-state index in [0.717, 1.165) is 16.6 Å². The first-order valence-electron chi connectivity index (χ1n) is 8.24. The van der Waals surface area contributed by atoms with Gasteiger partial charge in [-0.25, -0.2) is 9.67 Å². The van der Waals surface area contributed by atoms with E-state index in [0.29, 0.717) is 28.4 Å². The Labute approximate surface area is 152 Å². The summed E-state index contributed by atoms with van der Waals surface area (Å²) in [6, 6.07) is 12.6. The maximum atomic E-state index is 12.6. The van der Waals surface area contributed by atoms with Crippen LogP contribution in [0.1, 0.15) is 0 Å². The van der Waals surface area contributed by atoms with Gasteiger partial charge in [0.05, 0.1) is 22.5 Å². The Kier molecular flexibility index (Phi) is 3.11. The van der Waals surface area contributed by atoms with E-state index in [1.165, 1.54) is 10.6 Å². The predicted molar refractivity (Wildman–Crippen MR) is 101 cm³/mol. The second-order valence-electron chi connectivity index (χ2n) is 6.17. The highest BCUT2D eigenvalue weighted by atomic mass is 16.1. The van der Waals surface area contributed by atoms with Crippen molar-refractivity contribution in [1.82, 2.24) is 34.6 Å². The summed E-state index contributed by atoms with van der Waals surface area (Å²) in [5, 5.41) is 11.0. The van der Waals surface area contributed by atoms with Crippen molar-refractivity contribution in [3.05, 3.63) is 59.0 Å². The van der Waals surface area contributed by atoms with Crippen LogP contribution in [0.3, 0.4) is 0 Å². The summed E-state index contributed by atoms with van der Waals surface area (Å²) in [6.45, 7) is 0. The molecule has 0 fully saturated rings. The minimum absolute atomic E-state index is 0.261. The van der Waals surface area contributed by atoms with Crippen molar-refractivity contribution in [3.63, 3.8) is 0 Å². The molecule has 9 heteroatoms. The minimum Gasteiger partial charge on any atom is -0.383 e. The summed E-state index contributed by atoms with van der Waals surface area (Å²) in [4.78, 5) is 21.6. The van der Waals surface area contributed by atoms with Crippen molar-refractivity contribution >= 4 is 22.5 Å². The number of benzene rings is 1. The van der Waals surface area contributed by atoms with Crippen molar-refractivity contribution in [2.75, 3.05) is 5.73 Å². The molecule has 0 saturated heterocycles. The van der Waals surface area contributed by atoms with E-state index < -0.39 is 0 Å². The van der Waals surface area contributed by atoms with Crippen molar-refractivity contribution in [2.24, 2.45) is 7.05 Å². The van der Waals surface area contributed by atoms with Crippen LogP contribution in [-0.2, 0) is 7.05 Å². The third-order valence-corrected chi connectivity index (χ3v) is 4.47. The van der Waals surface area contributed by atoms with Gasteiger partial charge < -0.3 is 5.73 Å². The van der Waals surface area contributed by atoms with Gasteiger partial charge >= 0.3 is 0 Å². The largest absolute Gasteiger partial charge is 0.383 e. The molecular formula is C18H14N8O. The quantitative estimate of drug-likeness (QED) is 0.495. The highest BCUT2D eigenvalue weighted by Gasteiger charge is 2.17. The van der Waals surface area contributed by atoms with Crippen LogP contribution in [-0.4, -0.2) is 34.6 Å². The fraction of sp³-hybridized carbons (Fsp3) is 0.0556. The van der Waals surface area contributed by atoms with Crippen molar-refractivity contribution in [3.8, 4) is 22.5 Å². The van der Waals surface area contributed by atoms with Crippen molar-refractivity contribution in [1.29, 1.82) is 0 Å². The van der Waals surface area contributed by atoms with E-state index in [-0.39, 0.29) is 5.56 Å². The molecule has 0 aliphatic heterocycles. The average Bonchev–Trinajstić information content (AvgIpc) is 3.22. The van der Waals surface area contributed by atoms with Crippen LogP contribution >= 0.6 is 0 Å². The van der Waals surface area contributed by atoms with E-state index >= 15 is 0 Å². The second kappa shape index (κ2) is 5.49. The number of fused-ring (bicyclic) bond motifs is 2. The van der Waals surface area contributed by atoms with Crippen LogP contribution in [0.25, 0.3) is 39.2 Å². The molecule has 132 valence electrons. The number of rotatable bonds is 2. The lowest BCUT2D eigenvalue weighted by Gasteiger charge is -2.03. The lowest BCUT2D eigenvalue weighted by atomic mass is 10.1. The van der Waals surface area contributed by atoms with E-state index in [1.807, 2.05) is 43.4 Å². The van der Waals surface area contributed by atoms with Crippen molar-refractivity contribution in [2.45, 2.75) is 0 Å². The maximum Gasteiger partial charge on any atom is 0.273 e. The Hall–Kier alpha value is -4.01.